The molecule has 0 amide bonds. The Hall–Kier alpha value is -1.37. The molecule has 0 fully saturated rings. The van der Waals surface area contributed by atoms with Crippen LogP contribution in [0.2, 0.25) is 0 Å². The van der Waals surface area contributed by atoms with Gasteiger partial charge in [0.2, 0.25) is 0 Å². The highest BCUT2D eigenvalue weighted by molar-refractivity contribution is 7.93. The summed E-state index contributed by atoms with van der Waals surface area (Å²) >= 11 is 1.24. The zero-order valence-electron chi connectivity index (χ0n) is 10.7. The van der Waals surface area contributed by atoms with Crippen LogP contribution in [0.3, 0.4) is 0 Å². The molecule has 1 aromatic carbocycles. The Labute approximate surface area is 117 Å². The normalized spacial score (nSPS) is 11.5. The van der Waals surface area contributed by atoms with Gasteiger partial charge in [-0.1, -0.05) is 17.7 Å². The quantitative estimate of drug-likeness (QED) is 0.942. The Morgan fingerprint density at radius 2 is 1.89 bits per heavy atom. The molecule has 0 saturated heterocycles. The summed E-state index contributed by atoms with van der Waals surface area (Å²) in [6.07, 6.45) is 0. The molecule has 1 N–H and O–H groups in total. The molecule has 6 heteroatoms. The van der Waals surface area contributed by atoms with Crippen molar-refractivity contribution in [1.82, 2.24) is 0 Å². The summed E-state index contributed by atoms with van der Waals surface area (Å²) < 4.78 is 26.0. The molecule has 0 atom stereocenters. The molecule has 4 nitrogen and oxygen atoms in total. The maximum absolute atomic E-state index is 12.4. The largest absolute Gasteiger partial charge is 0.391 e. The van der Waals surface area contributed by atoms with Gasteiger partial charge in [-0.05, 0) is 25.1 Å². The SMILES string of the molecule is Cc1ccc(N(C)S(=O)(=O)c2csc(CO)c2)cc1. The molecule has 2 aromatic rings. The third kappa shape index (κ3) is 2.80. The van der Waals surface area contributed by atoms with Crippen molar-refractivity contribution in [1.29, 1.82) is 0 Å². The predicted octanol–water partition coefficient (Wildman–Crippen LogP) is 2.37. The van der Waals surface area contributed by atoms with E-state index in [1.807, 2.05) is 19.1 Å². The summed E-state index contributed by atoms with van der Waals surface area (Å²) in [5, 5.41) is 10.6. The molecule has 0 saturated carbocycles. The van der Waals surface area contributed by atoms with Crippen LogP contribution in [0.1, 0.15) is 10.4 Å². The molecule has 0 radical (unpaired) electrons. The topological polar surface area (TPSA) is 57.6 Å². The number of hydrogen-bond acceptors (Lipinski definition) is 4. The van der Waals surface area contributed by atoms with E-state index in [-0.39, 0.29) is 11.5 Å². The summed E-state index contributed by atoms with van der Waals surface area (Å²) in [5.74, 6) is 0. The van der Waals surface area contributed by atoms with Gasteiger partial charge in [0, 0.05) is 17.3 Å². The van der Waals surface area contributed by atoms with Crippen molar-refractivity contribution in [3.63, 3.8) is 0 Å². The van der Waals surface area contributed by atoms with Gasteiger partial charge in [-0.3, -0.25) is 4.31 Å². The summed E-state index contributed by atoms with van der Waals surface area (Å²) in [5.41, 5.74) is 1.69. The lowest BCUT2D eigenvalue weighted by Gasteiger charge is -2.18. The highest BCUT2D eigenvalue weighted by Gasteiger charge is 2.22. The van der Waals surface area contributed by atoms with Crippen LogP contribution in [-0.2, 0) is 16.6 Å². The molecule has 102 valence electrons. The molecular formula is C13H15NO3S2. The van der Waals surface area contributed by atoms with Crippen molar-refractivity contribution in [2.75, 3.05) is 11.4 Å². The van der Waals surface area contributed by atoms with E-state index in [9.17, 15) is 8.42 Å². The van der Waals surface area contributed by atoms with E-state index >= 15 is 0 Å². The Morgan fingerprint density at radius 3 is 2.42 bits per heavy atom. The van der Waals surface area contributed by atoms with Gasteiger partial charge >= 0.3 is 0 Å². The van der Waals surface area contributed by atoms with E-state index < -0.39 is 10.0 Å². The average molecular weight is 297 g/mol. The molecule has 1 aromatic heterocycles. The molecule has 19 heavy (non-hydrogen) atoms. The summed E-state index contributed by atoms with van der Waals surface area (Å²) in [6, 6.07) is 8.78. The molecular weight excluding hydrogens is 282 g/mol. The maximum atomic E-state index is 12.4. The standard InChI is InChI=1S/C13H15NO3S2/c1-10-3-5-11(6-4-10)14(2)19(16,17)13-7-12(8-15)18-9-13/h3-7,9,15H,8H2,1-2H3. The minimum absolute atomic E-state index is 0.144. The number of aryl methyl sites for hydroxylation is 1. The number of nitrogens with zero attached hydrogens (tertiary/aromatic N) is 1. The van der Waals surface area contributed by atoms with Crippen molar-refractivity contribution in [3.8, 4) is 0 Å². The van der Waals surface area contributed by atoms with E-state index in [1.165, 1.54) is 28.8 Å². The first-order chi connectivity index (χ1) is 8.95. The van der Waals surface area contributed by atoms with Crippen molar-refractivity contribution in [2.45, 2.75) is 18.4 Å². The van der Waals surface area contributed by atoms with Crippen LogP contribution < -0.4 is 4.31 Å². The zero-order chi connectivity index (χ0) is 14.0. The van der Waals surface area contributed by atoms with Crippen LogP contribution in [0, 0.1) is 6.92 Å². The minimum Gasteiger partial charge on any atom is -0.391 e. The Balaban J connectivity index is 2.36. The molecule has 0 bridgehead atoms. The molecule has 2 rings (SSSR count). The predicted molar refractivity (Wildman–Crippen MR) is 77.0 cm³/mol. The number of sulfonamides is 1. The van der Waals surface area contributed by atoms with Gasteiger partial charge in [-0.25, -0.2) is 8.42 Å². The smallest absolute Gasteiger partial charge is 0.264 e. The number of hydrogen-bond donors (Lipinski definition) is 1. The average Bonchev–Trinajstić information content (AvgIpc) is 2.88. The fraction of sp³-hybridized carbons (Fsp3) is 0.231. The number of aliphatic hydroxyl groups is 1. The molecule has 0 aliphatic carbocycles. The number of aliphatic hydroxyl groups excluding tert-OH is 1. The third-order valence-electron chi connectivity index (χ3n) is 2.84. The Bertz CT molecular complexity index is 659. The lowest BCUT2D eigenvalue weighted by atomic mass is 10.2. The lowest BCUT2D eigenvalue weighted by Crippen LogP contribution is -2.26. The van der Waals surface area contributed by atoms with Crippen LogP contribution in [0.15, 0.2) is 40.6 Å². The summed E-state index contributed by atoms with van der Waals surface area (Å²) in [6.45, 7) is 1.80. The van der Waals surface area contributed by atoms with Crippen molar-refractivity contribution in [3.05, 3.63) is 46.2 Å². The summed E-state index contributed by atoms with van der Waals surface area (Å²) in [7, 11) is -2.04. The zero-order valence-corrected chi connectivity index (χ0v) is 12.3. The Morgan fingerprint density at radius 1 is 1.26 bits per heavy atom. The highest BCUT2D eigenvalue weighted by Crippen LogP contribution is 2.25. The van der Waals surface area contributed by atoms with Gasteiger partial charge in [0.15, 0.2) is 0 Å². The highest BCUT2D eigenvalue weighted by atomic mass is 32.2. The van der Waals surface area contributed by atoms with E-state index in [4.69, 9.17) is 5.11 Å². The van der Waals surface area contributed by atoms with Crippen molar-refractivity contribution in [2.24, 2.45) is 0 Å². The molecule has 1 heterocycles. The van der Waals surface area contributed by atoms with Crippen LogP contribution in [0.25, 0.3) is 0 Å². The van der Waals surface area contributed by atoms with E-state index in [0.29, 0.717) is 10.6 Å². The number of thiophene rings is 1. The second kappa shape index (κ2) is 5.32. The number of anilines is 1. The van der Waals surface area contributed by atoms with Crippen LogP contribution in [0.4, 0.5) is 5.69 Å². The van der Waals surface area contributed by atoms with E-state index in [1.54, 1.807) is 17.5 Å². The molecule has 0 aliphatic heterocycles. The fourth-order valence-corrected chi connectivity index (χ4v) is 3.95. The second-order valence-corrected chi connectivity index (χ2v) is 7.18. The monoisotopic (exact) mass is 297 g/mol. The van der Waals surface area contributed by atoms with E-state index in [2.05, 4.69) is 0 Å². The van der Waals surface area contributed by atoms with Crippen LogP contribution in [0.5, 0.6) is 0 Å². The molecule has 0 unspecified atom stereocenters. The minimum atomic E-state index is -3.56. The number of rotatable bonds is 4. The number of benzene rings is 1. The van der Waals surface area contributed by atoms with Gasteiger partial charge in [0.1, 0.15) is 0 Å². The van der Waals surface area contributed by atoms with Crippen molar-refractivity contribution < 1.29 is 13.5 Å². The maximum Gasteiger partial charge on any atom is 0.264 e. The lowest BCUT2D eigenvalue weighted by molar-refractivity contribution is 0.285. The third-order valence-corrected chi connectivity index (χ3v) is 5.68. The van der Waals surface area contributed by atoms with Crippen LogP contribution in [-0.4, -0.2) is 20.6 Å². The van der Waals surface area contributed by atoms with Gasteiger partial charge in [-0.2, -0.15) is 0 Å². The van der Waals surface area contributed by atoms with Gasteiger partial charge in [-0.15, -0.1) is 11.3 Å². The first-order valence-electron chi connectivity index (χ1n) is 5.69. The van der Waals surface area contributed by atoms with E-state index in [0.717, 1.165) is 5.56 Å². The molecule has 0 spiro atoms. The van der Waals surface area contributed by atoms with Crippen molar-refractivity contribution >= 4 is 27.0 Å². The summed E-state index contributed by atoms with van der Waals surface area (Å²) in [4.78, 5) is 0.848. The Kier molecular flexibility index (Phi) is 3.93. The first kappa shape index (κ1) is 14.0. The first-order valence-corrected chi connectivity index (χ1v) is 8.01. The molecule has 0 aliphatic rings. The van der Waals surface area contributed by atoms with Gasteiger partial charge in [0.25, 0.3) is 10.0 Å². The van der Waals surface area contributed by atoms with Gasteiger partial charge in [0.05, 0.1) is 17.2 Å². The van der Waals surface area contributed by atoms with Crippen LogP contribution >= 0.6 is 11.3 Å². The fourth-order valence-electron chi connectivity index (χ4n) is 1.63. The second-order valence-electron chi connectivity index (χ2n) is 4.21. The van der Waals surface area contributed by atoms with Gasteiger partial charge < -0.3 is 5.11 Å².